The van der Waals surface area contributed by atoms with Crippen molar-refractivity contribution in [1.82, 2.24) is 24.6 Å². The highest BCUT2D eigenvalue weighted by Gasteiger charge is 2.24. The van der Waals surface area contributed by atoms with Gasteiger partial charge in [-0.05, 0) is 69.6 Å². The predicted octanol–water partition coefficient (Wildman–Crippen LogP) is 3.81. The maximum atomic E-state index is 12.7. The van der Waals surface area contributed by atoms with E-state index in [1.807, 2.05) is 60.1 Å². The van der Waals surface area contributed by atoms with E-state index in [9.17, 15) is 4.79 Å². The number of hydrogen-bond donors (Lipinski definition) is 1. The number of nitrogens with two attached hydrogens (primary N) is 1. The molecule has 1 saturated heterocycles. The lowest BCUT2D eigenvalue weighted by Gasteiger charge is -2.29. The highest BCUT2D eigenvalue weighted by Crippen LogP contribution is 2.28. The average molecular weight is 465 g/mol. The Morgan fingerprint density at radius 2 is 1.89 bits per heavy atom. The van der Waals surface area contributed by atoms with Crippen molar-refractivity contribution in [2.24, 2.45) is 0 Å². The minimum atomic E-state index is 0.0894. The van der Waals surface area contributed by atoms with Crippen molar-refractivity contribution in [2.45, 2.75) is 32.2 Å². The number of likely N-dealkylation sites (tertiary alicyclic amines) is 1. The van der Waals surface area contributed by atoms with Gasteiger partial charge >= 0.3 is 0 Å². The van der Waals surface area contributed by atoms with Gasteiger partial charge in [-0.2, -0.15) is 5.10 Å². The molecule has 1 fully saturated rings. The molecule has 7 heteroatoms. The Hall–Kier alpha value is -4.02. The van der Waals surface area contributed by atoms with Gasteiger partial charge in [0.2, 0.25) is 0 Å². The number of Topliss-reactive ketones (excluding diaryl/α,β-unsaturated/α-hetero) is 1. The van der Waals surface area contributed by atoms with E-state index in [1.165, 1.54) is 6.33 Å². The zero-order valence-electron chi connectivity index (χ0n) is 20.0. The Morgan fingerprint density at radius 1 is 1.09 bits per heavy atom. The van der Waals surface area contributed by atoms with Crippen molar-refractivity contribution in [3.63, 3.8) is 0 Å². The summed E-state index contributed by atoms with van der Waals surface area (Å²) in [5.41, 5.74) is 11.1. The fourth-order valence-electron chi connectivity index (χ4n) is 4.57. The van der Waals surface area contributed by atoms with Gasteiger partial charge in [-0.3, -0.25) is 4.79 Å². The molecule has 4 aromatic rings. The minimum Gasteiger partial charge on any atom is -0.383 e. The summed E-state index contributed by atoms with van der Waals surface area (Å²) in [5, 5.41) is 5.52. The molecule has 2 aromatic carbocycles. The van der Waals surface area contributed by atoms with Crippen molar-refractivity contribution in [3.05, 3.63) is 82.8 Å². The number of nitrogen functional groups attached to an aromatic ring is 1. The van der Waals surface area contributed by atoms with Crippen LogP contribution in [0.3, 0.4) is 0 Å². The SMILES string of the molecule is Cc1cccc(C(=O)Cc2cccc(C#Cc3nn(C4CCN(C)CC4)c4ncnc(N)c34)c2)c1. The first kappa shape index (κ1) is 22.8. The monoisotopic (exact) mass is 464 g/mol. The molecular weight excluding hydrogens is 436 g/mol. The fourth-order valence-corrected chi connectivity index (χ4v) is 4.57. The van der Waals surface area contributed by atoms with Gasteiger partial charge in [0.05, 0.1) is 11.4 Å². The summed E-state index contributed by atoms with van der Waals surface area (Å²) >= 11 is 0. The van der Waals surface area contributed by atoms with Gasteiger partial charge in [-0.25, -0.2) is 14.6 Å². The highest BCUT2D eigenvalue weighted by atomic mass is 16.1. The standard InChI is InChI=1S/C28H28N6O/c1-19-5-3-8-22(15-19)25(35)17-21-7-4-6-20(16-21)9-10-24-26-27(29)30-18-31-28(26)34(32-24)23-11-13-33(2)14-12-23/h3-8,15-16,18,23H,11-14,17H2,1-2H3,(H2,29,30,31). The van der Waals surface area contributed by atoms with Crippen LogP contribution >= 0.6 is 0 Å². The molecule has 5 rings (SSSR count). The third-order valence-corrected chi connectivity index (χ3v) is 6.51. The number of ketones is 1. The molecular formula is C28H28N6O. The molecule has 0 atom stereocenters. The molecule has 7 nitrogen and oxygen atoms in total. The maximum Gasteiger partial charge on any atom is 0.167 e. The van der Waals surface area contributed by atoms with E-state index in [0.29, 0.717) is 23.3 Å². The van der Waals surface area contributed by atoms with Gasteiger partial charge in [0.25, 0.3) is 0 Å². The summed E-state index contributed by atoms with van der Waals surface area (Å²) in [6, 6.07) is 15.7. The molecule has 0 spiro atoms. The van der Waals surface area contributed by atoms with Gasteiger partial charge in [0.15, 0.2) is 11.4 Å². The van der Waals surface area contributed by atoms with E-state index in [4.69, 9.17) is 10.8 Å². The summed E-state index contributed by atoms with van der Waals surface area (Å²) in [5.74, 6) is 6.88. The number of nitrogens with zero attached hydrogens (tertiary/aromatic N) is 5. The number of aryl methyl sites for hydroxylation is 1. The van der Waals surface area contributed by atoms with Crippen LogP contribution in [0.15, 0.2) is 54.9 Å². The molecule has 1 aliphatic heterocycles. The van der Waals surface area contributed by atoms with Crippen LogP contribution in [0.5, 0.6) is 0 Å². The van der Waals surface area contributed by atoms with Crippen LogP contribution in [0, 0.1) is 18.8 Å². The number of benzene rings is 2. The molecule has 176 valence electrons. The van der Waals surface area contributed by atoms with Crippen molar-refractivity contribution in [3.8, 4) is 11.8 Å². The zero-order valence-corrected chi connectivity index (χ0v) is 20.0. The molecule has 2 aromatic heterocycles. The van der Waals surface area contributed by atoms with Crippen LogP contribution in [0.25, 0.3) is 11.0 Å². The first-order valence-electron chi connectivity index (χ1n) is 11.9. The molecule has 35 heavy (non-hydrogen) atoms. The molecule has 2 N–H and O–H groups in total. The first-order valence-corrected chi connectivity index (χ1v) is 11.9. The van der Waals surface area contributed by atoms with Gasteiger partial charge in [-0.1, -0.05) is 41.8 Å². The van der Waals surface area contributed by atoms with Gasteiger partial charge in [-0.15, -0.1) is 0 Å². The molecule has 0 radical (unpaired) electrons. The van der Waals surface area contributed by atoms with Gasteiger partial charge < -0.3 is 10.6 Å². The van der Waals surface area contributed by atoms with E-state index < -0.39 is 0 Å². The topological polar surface area (TPSA) is 89.9 Å². The van der Waals surface area contributed by atoms with Crippen molar-refractivity contribution in [2.75, 3.05) is 25.9 Å². The van der Waals surface area contributed by atoms with Crippen LogP contribution in [-0.4, -0.2) is 50.6 Å². The van der Waals surface area contributed by atoms with Gasteiger partial charge in [0.1, 0.15) is 17.8 Å². The number of carbonyl (C=O) groups excluding carboxylic acids is 1. The molecule has 0 aliphatic carbocycles. The number of piperidine rings is 1. The van der Waals surface area contributed by atoms with E-state index in [2.05, 4.69) is 33.8 Å². The molecule has 0 unspecified atom stereocenters. The number of carbonyl (C=O) groups is 1. The third kappa shape index (κ3) is 4.93. The van der Waals surface area contributed by atoms with Crippen molar-refractivity contribution >= 4 is 22.6 Å². The molecule has 0 amide bonds. The van der Waals surface area contributed by atoms with E-state index in [1.54, 1.807) is 0 Å². The summed E-state index contributed by atoms with van der Waals surface area (Å²) in [4.78, 5) is 23.7. The van der Waals surface area contributed by atoms with Crippen molar-refractivity contribution < 1.29 is 4.79 Å². The predicted molar refractivity (Wildman–Crippen MR) is 137 cm³/mol. The van der Waals surface area contributed by atoms with Crippen molar-refractivity contribution in [1.29, 1.82) is 0 Å². The van der Waals surface area contributed by atoms with Crippen LogP contribution < -0.4 is 5.73 Å². The Bertz CT molecular complexity index is 1450. The highest BCUT2D eigenvalue weighted by molar-refractivity contribution is 5.97. The fraction of sp³-hybridized carbons (Fsp3) is 0.286. The Kier molecular flexibility index (Phi) is 6.30. The molecule has 1 aliphatic rings. The molecule has 0 bridgehead atoms. The second-order valence-corrected chi connectivity index (χ2v) is 9.20. The number of rotatable bonds is 4. The largest absolute Gasteiger partial charge is 0.383 e. The lowest BCUT2D eigenvalue weighted by atomic mass is 10.0. The summed E-state index contributed by atoms with van der Waals surface area (Å²) in [6.45, 7) is 4.02. The second-order valence-electron chi connectivity index (χ2n) is 9.20. The molecule has 0 saturated carbocycles. The summed E-state index contributed by atoms with van der Waals surface area (Å²) in [7, 11) is 2.14. The smallest absolute Gasteiger partial charge is 0.167 e. The normalized spacial score (nSPS) is 14.6. The second kappa shape index (κ2) is 9.69. The first-order chi connectivity index (χ1) is 17.0. The van der Waals surface area contributed by atoms with Crippen LogP contribution in [0.2, 0.25) is 0 Å². The van der Waals surface area contributed by atoms with E-state index >= 15 is 0 Å². The third-order valence-electron chi connectivity index (χ3n) is 6.51. The maximum absolute atomic E-state index is 12.7. The Labute approximate surface area is 205 Å². The Morgan fingerprint density at radius 3 is 2.69 bits per heavy atom. The number of aromatic nitrogens is 4. The van der Waals surface area contributed by atoms with Crippen LogP contribution in [-0.2, 0) is 6.42 Å². The number of anilines is 1. The number of fused-ring (bicyclic) bond motifs is 1. The number of hydrogen-bond acceptors (Lipinski definition) is 6. The summed E-state index contributed by atoms with van der Waals surface area (Å²) in [6.07, 6.45) is 3.81. The summed E-state index contributed by atoms with van der Waals surface area (Å²) < 4.78 is 1.97. The lowest BCUT2D eigenvalue weighted by molar-refractivity contribution is 0.0993. The average Bonchev–Trinajstić information content (AvgIpc) is 3.23. The van der Waals surface area contributed by atoms with Crippen LogP contribution in [0.4, 0.5) is 5.82 Å². The van der Waals surface area contributed by atoms with E-state index in [-0.39, 0.29) is 11.8 Å². The molecule has 3 heterocycles. The zero-order chi connectivity index (χ0) is 24.4. The van der Waals surface area contributed by atoms with Crippen LogP contribution in [0.1, 0.15) is 51.6 Å². The van der Waals surface area contributed by atoms with Gasteiger partial charge in [0, 0.05) is 17.5 Å². The quantitative estimate of drug-likeness (QED) is 0.365. The van der Waals surface area contributed by atoms with E-state index in [0.717, 1.165) is 53.8 Å². The lowest BCUT2D eigenvalue weighted by Crippen LogP contribution is -2.32. The minimum absolute atomic E-state index is 0.0894. The Balaban J connectivity index is 1.43.